The fraction of sp³-hybridized carbons (Fsp3) is 0.538. The van der Waals surface area contributed by atoms with Crippen molar-refractivity contribution in [2.75, 3.05) is 18.8 Å². The van der Waals surface area contributed by atoms with E-state index in [2.05, 4.69) is 4.72 Å². The number of nitrogens with one attached hydrogen (secondary N) is 1. The summed E-state index contributed by atoms with van der Waals surface area (Å²) in [5, 5.41) is 0. The number of hydrogen-bond donors (Lipinski definition) is 2. The van der Waals surface area contributed by atoms with Crippen molar-refractivity contribution in [2.45, 2.75) is 32.6 Å². The lowest BCUT2D eigenvalue weighted by Crippen LogP contribution is -2.51. The lowest BCUT2D eigenvalue weighted by Gasteiger charge is -2.34. The van der Waals surface area contributed by atoms with E-state index in [1.165, 1.54) is 4.31 Å². The Kier molecular flexibility index (Phi) is 4.64. The molecule has 112 valence electrons. The molecule has 0 amide bonds. The Labute approximate surface area is 120 Å². The SMILES string of the molecule is CC1CN(S(=O)(=O)NCc2ccc(N)cc2)CC(C)O1. The molecule has 0 spiro atoms. The van der Waals surface area contributed by atoms with E-state index in [0.29, 0.717) is 18.8 Å². The Morgan fingerprint density at radius 1 is 1.25 bits per heavy atom. The molecule has 0 radical (unpaired) electrons. The van der Waals surface area contributed by atoms with Crippen LogP contribution in [0.2, 0.25) is 0 Å². The third-order valence-electron chi connectivity index (χ3n) is 3.16. The zero-order valence-electron chi connectivity index (χ0n) is 11.7. The summed E-state index contributed by atoms with van der Waals surface area (Å²) in [4.78, 5) is 0. The van der Waals surface area contributed by atoms with E-state index in [4.69, 9.17) is 10.5 Å². The van der Waals surface area contributed by atoms with Crippen LogP contribution < -0.4 is 10.5 Å². The van der Waals surface area contributed by atoms with Gasteiger partial charge in [0.25, 0.3) is 10.2 Å². The van der Waals surface area contributed by atoms with Crippen LogP contribution in [0.4, 0.5) is 5.69 Å². The predicted molar refractivity (Wildman–Crippen MR) is 78.2 cm³/mol. The molecule has 1 aliphatic heterocycles. The second-order valence-corrected chi connectivity index (χ2v) is 6.90. The molecule has 1 heterocycles. The number of nitrogens with zero attached hydrogens (tertiary/aromatic N) is 1. The van der Waals surface area contributed by atoms with E-state index in [1.54, 1.807) is 12.1 Å². The van der Waals surface area contributed by atoms with E-state index >= 15 is 0 Å². The number of hydrogen-bond acceptors (Lipinski definition) is 4. The van der Waals surface area contributed by atoms with Gasteiger partial charge in [-0.15, -0.1) is 0 Å². The predicted octanol–water partition coefficient (Wildman–Crippen LogP) is 0.712. The second-order valence-electron chi connectivity index (χ2n) is 5.14. The van der Waals surface area contributed by atoms with Crippen molar-refractivity contribution in [2.24, 2.45) is 0 Å². The number of nitrogens with two attached hydrogens (primary N) is 1. The van der Waals surface area contributed by atoms with E-state index < -0.39 is 10.2 Å². The summed E-state index contributed by atoms with van der Waals surface area (Å²) in [7, 11) is -3.49. The van der Waals surface area contributed by atoms with Gasteiger partial charge in [0.15, 0.2) is 0 Å². The average Bonchev–Trinajstić information content (AvgIpc) is 2.37. The number of ether oxygens (including phenoxy) is 1. The lowest BCUT2D eigenvalue weighted by atomic mass is 10.2. The van der Waals surface area contributed by atoms with Crippen molar-refractivity contribution in [1.82, 2.24) is 9.03 Å². The highest BCUT2D eigenvalue weighted by Gasteiger charge is 2.30. The van der Waals surface area contributed by atoms with Gasteiger partial charge in [-0.05, 0) is 31.5 Å². The molecule has 1 aromatic carbocycles. The van der Waals surface area contributed by atoms with Crippen LogP contribution in [0, 0.1) is 0 Å². The van der Waals surface area contributed by atoms with Crippen molar-refractivity contribution in [3.8, 4) is 0 Å². The van der Waals surface area contributed by atoms with Crippen molar-refractivity contribution < 1.29 is 13.2 Å². The Hall–Kier alpha value is -1.15. The van der Waals surface area contributed by atoms with Crippen LogP contribution in [0.5, 0.6) is 0 Å². The summed E-state index contributed by atoms with van der Waals surface area (Å²) >= 11 is 0. The molecule has 0 aliphatic carbocycles. The van der Waals surface area contributed by atoms with Gasteiger partial charge in [0.1, 0.15) is 0 Å². The topological polar surface area (TPSA) is 84.7 Å². The monoisotopic (exact) mass is 299 g/mol. The van der Waals surface area contributed by atoms with Gasteiger partial charge in [-0.2, -0.15) is 17.4 Å². The average molecular weight is 299 g/mol. The largest absolute Gasteiger partial charge is 0.399 e. The summed E-state index contributed by atoms with van der Waals surface area (Å²) in [5.74, 6) is 0. The maximum Gasteiger partial charge on any atom is 0.279 e. The summed E-state index contributed by atoms with van der Waals surface area (Å²) in [6, 6.07) is 7.12. The molecular formula is C13H21N3O3S. The molecule has 2 rings (SSSR count). The molecule has 0 bridgehead atoms. The number of morpholine rings is 1. The minimum absolute atomic E-state index is 0.0909. The Morgan fingerprint density at radius 2 is 1.80 bits per heavy atom. The van der Waals surface area contributed by atoms with Crippen LogP contribution in [-0.2, 0) is 21.5 Å². The first-order chi connectivity index (χ1) is 9.37. The van der Waals surface area contributed by atoms with Gasteiger partial charge < -0.3 is 10.5 Å². The van der Waals surface area contributed by atoms with Crippen LogP contribution in [0.1, 0.15) is 19.4 Å². The summed E-state index contributed by atoms with van der Waals surface area (Å²) in [5.41, 5.74) is 7.13. The first kappa shape index (κ1) is 15.2. The van der Waals surface area contributed by atoms with E-state index in [1.807, 2.05) is 26.0 Å². The molecule has 1 fully saturated rings. The zero-order valence-corrected chi connectivity index (χ0v) is 12.6. The highest BCUT2D eigenvalue weighted by Crippen LogP contribution is 2.14. The summed E-state index contributed by atoms with van der Waals surface area (Å²) in [6.07, 6.45) is -0.182. The fourth-order valence-corrected chi connectivity index (χ4v) is 3.57. The third-order valence-corrected chi connectivity index (χ3v) is 4.65. The Balaban J connectivity index is 1.98. The summed E-state index contributed by atoms with van der Waals surface area (Å²) in [6.45, 7) is 4.75. The summed E-state index contributed by atoms with van der Waals surface area (Å²) < 4.78 is 34.1. The fourth-order valence-electron chi connectivity index (χ4n) is 2.23. The smallest absolute Gasteiger partial charge is 0.279 e. The minimum Gasteiger partial charge on any atom is -0.399 e. The van der Waals surface area contributed by atoms with Gasteiger partial charge in [-0.1, -0.05) is 12.1 Å². The van der Waals surface area contributed by atoms with Crippen molar-refractivity contribution in [3.63, 3.8) is 0 Å². The highest BCUT2D eigenvalue weighted by molar-refractivity contribution is 7.87. The Bertz CT molecular complexity index is 534. The molecule has 20 heavy (non-hydrogen) atoms. The molecule has 6 nitrogen and oxygen atoms in total. The molecule has 0 saturated carbocycles. The molecular weight excluding hydrogens is 278 g/mol. The van der Waals surface area contributed by atoms with Crippen LogP contribution in [0.3, 0.4) is 0 Å². The van der Waals surface area contributed by atoms with Gasteiger partial charge in [0.05, 0.1) is 12.2 Å². The minimum atomic E-state index is -3.49. The molecule has 3 N–H and O–H groups in total. The van der Waals surface area contributed by atoms with Crippen LogP contribution >= 0.6 is 0 Å². The highest BCUT2D eigenvalue weighted by atomic mass is 32.2. The zero-order chi connectivity index (χ0) is 14.8. The van der Waals surface area contributed by atoms with Gasteiger partial charge in [-0.3, -0.25) is 0 Å². The number of benzene rings is 1. The van der Waals surface area contributed by atoms with Crippen LogP contribution in [0.15, 0.2) is 24.3 Å². The Morgan fingerprint density at radius 3 is 2.35 bits per heavy atom. The molecule has 1 saturated heterocycles. The normalized spacial score (nSPS) is 24.7. The molecule has 2 atom stereocenters. The van der Waals surface area contributed by atoms with Gasteiger partial charge in [0, 0.05) is 25.3 Å². The van der Waals surface area contributed by atoms with Crippen molar-refractivity contribution >= 4 is 15.9 Å². The molecule has 1 aromatic rings. The van der Waals surface area contributed by atoms with Gasteiger partial charge in [-0.25, -0.2) is 0 Å². The van der Waals surface area contributed by atoms with Gasteiger partial charge in [0.2, 0.25) is 0 Å². The van der Waals surface area contributed by atoms with E-state index in [-0.39, 0.29) is 18.8 Å². The first-order valence-corrected chi connectivity index (χ1v) is 8.05. The van der Waals surface area contributed by atoms with Crippen LogP contribution in [-0.4, -0.2) is 38.0 Å². The van der Waals surface area contributed by atoms with Crippen LogP contribution in [0.25, 0.3) is 0 Å². The maximum absolute atomic E-state index is 12.3. The number of anilines is 1. The molecule has 7 heteroatoms. The first-order valence-electron chi connectivity index (χ1n) is 6.61. The second kappa shape index (κ2) is 6.09. The maximum atomic E-state index is 12.3. The molecule has 1 aliphatic rings. The van der Waals surface area contributed by atoms with E-state index in [9.17, 15) is 8.42 Å². The number of rotatable bonds is 4. The quantitative estimate of drug-likeness (QED) is 0.802. The van der Waals surface area contributed by atoms with Crippen molar-refractivity contribution in [3.05, 3.63) is 29.8 Å². The number of nitrogen functional groups attached to an aromatic ring is 1. The van der Waals surface area contributed by atoms with Crippen molar-refractivity contribution in [1.29, 1.82) is 0 Å². The lowest BCUT2D eigenvalue weighted by molar-refractivity contribution is -0.0444. The third kappa shape index (κ3) is 3.92. The molecule has 2 unspecified atom stereocenters. The standard InChI is InChI=1S/C13H21N3O3S/c1-10-8-16(9-11(2)19-10)20(17,18)15-7-12-3-5-13(14)6-4-12/h3-6,10-11,15H,7-9,14H2,1-2H3. The van der Waals surface area contributed by atoms with Gasteiger partial charge >= 0.3 is 0 Å². The molecule has 0 aromatic heterocycles. The van der Waals surface area contributed by atoms with E-state index in [0.717, 1.165) is 5.56 Å².